The van der Waals surface area contributed by atoms with Crippen LogP contribution in [0, 0.1) is 0 Å². The van der Waals surface area contributed by atoms with Crippen molar-refractivity contribution in [1.29, 1.82) is 0 Å². The highest BCUT2D eigenvalue weighted by atomic mass is 32.2. The van der Waals surface area contributed by atoms with Gasteiger partial charge in [0, 0.05) is 6.08 Å². The van der Waals surface area contributed by atoms with E-state index in [1.165, 1.54) is 49.9 Å². The Balaban J connectivity index is 1.74. The highest BCUT2D eigenvalue weighted by Crippen LogP contribution is 2.43. The maximum atomic E-state index is 12.0. The molecule has 1 aromatic carbocycles. The molecule has 1 atom stereocenters. The molecule has 27 heavy (non-hydrogen) atoms. The van der Waals surface area contributed by atoms with Gasteiger partial charge in [-0.2, -0.15) is 0 Å². The van der Waals surface area contributed by atoms with E-state index in [4.69, 9.17) is 4.74 Å². The Bertz CT molecular complexity index is 648. The first kappa shape index (κ1) is 21.4. The number of anilines is 1. The van der Waals surface area contributed by atoms with Crippen LogP contribution in [0.25, 0.3) is 0 Å². The first-order valence-electron chi connectivity index (χ1n) is 9.71. The van der Waals surface area contributed by atoms with Crippen molar-refractivity contribution < 1.29 is 14.3 Å². The van der Waals surface area contributed by atoms with Crippen molar-refractivity contribution in [2.24, 2.45) is 0 Å². The van der Waals surface area contributed by atoms with Crippen molar-refractivity contribution >= 4 is 28.5 Å². The van der Waals surface area contributed by atoms with E-state index in [1.807, 2.05) is 37.3 Å². The second-order valence-electron chi connectivity index (χ2n) is 7.01. The number of rotatable bonds is 12. The van der Waals surface area contributed by atoms with Gasteiger partial charge >= 0.3 is 0 Å². The van der Waals surface area contributed by atoms with E-state index in [2.05, 4.69) is 17.8 Å². The number of hydrogen-bond donors (Lipinski definition) is 2. The molecule has 1 amide bonds. The van der Waals surface area contributed by atoms with Gasteiger partial charge in [0.25, 0.3) is 5.91 Å². The standard InChI is InChI=1S/C21H30N2O3S/c1-3-4-5-6-7-11-14-21(2)18(15-20(25)27-21)26-16-19(24)23-22-17-12-9-8-10-13-17/h8-10,12-13,15,22H,3-7,11,14,16H2,1-2H3,(H,23,24). The summed E-state index contributed by atoms with van der Waals surface area (Å²) >= 11 is 1.30. The van der Waals surface area contributed by atoms with Crippen molar-refractivity contribution in [1.82, 2.24) is 5.43 Å². The number of nitrogens with one attached hydrogen (secondary N) is 2. The summed E-state index contributed by atoms with van der Waals surface area (Å²) in [5.41, 5.74) is 6.23. The highest BCUT2D eigenvalue weighted by Gasteiger charge is 2.39. The van der Waals surface area contributed by atoms with Gasteiger partial charge in [-0.15, -0.1) is 0 Å². The maximum absolute atomic E-state index is 12.0. The predicted octanol–water partition coefficient (Wildman–Crippen LogP) is 4.81. The van der Waals surface area contributed by atoms with Crippen molar-refractivity contribution in [2.45, 2.75) is 63.5 Å². The third-order valence-electron chi connectivity index (χ3n) is 4.58. The molecule has 1 unspecified atom stereocenters. The number of benzene rings is 1. The lowest BCUT2D eigenvalue weighted by Gasteiger charge is -2.26. The molecule has 5 nitrogen and oxygen atoms in total. The van der Waals surface area contributed by atoms with E-state index in [-0.39, 0.29) is 22.4 Å². The second-order valence-corrected chi connectivity index (χ2v) is 8.51. The Morgan fingerprint density at radius 3 is 2.56 bits per heavy atom. The van der Waals surface area contributed by atoms with E-state index < -0.39 is 0 Å². The molecule has 1 heterocycles. The Labute approximate surface area is 166 Å². The maximum Gasteiger partial charge on any atom is 0.276 e. The van der Waals surface area contributed by atoms with Gasteiger partial charge in [-0.05, 0) is 25.5 Å². The largest absolute Gasteiger partial charge is 0.486 e. The molecule has 0 saturated heterocycles. The lowest BCUT2D eigenvalue weighted by molar-refractivity contribution is -0.124. The summed E-state index contributed by atoms with van der Waals surface area (Å²) in [5, 5.41) is 0.00121. The summed E-state index contributed by atoms with van der Waals surface area (Å²) in [6, 6.07) is 9.37. The van der Waals surface area contributed by atoms with Crippen molar-refractivity contribution in [2.75, 3.05) is 12.0 Å². The number of hydrazine groups is 1. The minimum atomic E-state index is -0.366. The van der Waals surface area contributed by atoms with Gasteiger partial charge in [-0.3, -0.25) is 20.4 Å². The van der Waals surface area contributed by atoms with Crippen LogP contribution in [0.5, 0.6) is 0 Å². The summed E-state index contributed by atoms with van der Waals surface area (Å²) in [6.45, 7) is 4.12. The molecule has 1 aliphatic rings. The fourth-order valence-corrected chi connectivity index (χ4v) is 4.09. The van der Waals surface area contributed by atoms with Gasteiger partial charge < -0.3 is 4.74 Å². The number of amides is 1. The van der Waals surface area contributed by atoms with Crippen LogP contribution in [-0.2, 0) is 14.3 Å². The average Bonchev–Trinajstić information content (AvgIpc) is 2.95. The molecule has 6 heteroatoms. The van der Waals surface area contributed by atoms with E-state index in [0.29, 0.717) is 5.76 Å². The molecule has 1 aliphatic heterocycles. The Morgan fingerprint density at radius 1 is 1.11 bits per heavy atom. The molecule has 0 saturated carbocycles. The zero-order valence-electron chi connectivity index (χ0n) is 16.3. The molecule has 2 rings (SSSR count). The number of carbonyl (C=O) groups excluding carboxylic acids is 2. The van der Waals surface area contributed by atoms with Crippen LogP contribution in [-0.4, -0.2) is 22.4 Å². The normalized spacial score (nSPS) is 18.9. The number of para-hydroxylation sites is 1. The predicted molar refractivity (Wildman–Crippen MR) is 111 cm³/mol. The third kappa shape index (κ3) is 7.29. The lowest BCUT2D eigenvalue weighted by Crippen LogP contribution is -2.33. The van der Waals surface area contributed by atoms with Gasteiger partial charge in [0.05, 0.1) is 10.4 Å². The number of ether oxygens (including phenoxy) is 1. The van der Waals surface area contributed by atoms with Crippen LogP contribution >= 0.6 is 11.8 Å². The minimum absolute atomic E-state index is 0.00121. The first-order chi connectivity index (χ1) is 13.0. The van der Waals surface area contributed by atoms with Gasteiger partial charge in [-0.1, -0.05) is 75.4 Å². The molecule has 0 aromatic heterocycles. The van der Waals surface area contributed by atoms with E-state index in [1.54, 1.807) is 0 Å². The SMILES string of the molecule is CCCCCCCCC1(C)SC(=O)C=C1OCC(=O)NNc1ccccc1. The van der Waals surface area contributed by atoms with Crippen LogP contribution in [0.1, 0.15) is 58.8 Å². The fourth-order valence-electron chi connectivity index (χ4n) is 3.02. The quantitative estimate of drug-likeness (QED) is 0.396. The number of thioether (sulfide) groups is 1. The molecular formula is C21H30N2O3S. The second kappa shape index (κ2) is 11.0. The minimum Gasteiger partial charge on any atom is -0.486 e. The van der Waals surface area contributed by atoms with Crippen molar-refractivity contribution in [3.8, 4) is 0 Å². The molecule has 0 spiro atoms. The summed E-state index contributed by atoms with van der Waals surface area (Å²) in [6.07, 6.45) is 9.66. The van der Waals surface area contributed by atoms with Crippen LogP contribution in [0.2, 0.25) is 0 Å². The van der Waals surface area contributed by atoms with Gasteiger partial charge in [-0.25, -0.2) is 0 Å². The molecule has 1 aromatic rings. The van der Waals surface area contributed by atoms with Crippen LogP contribution in [0.15, 0.2) is 42.2 Å². The third-order valence-corrected chi connectivity index (χ3v) is 5.76. The Kier molecular flexibility index (Phi) is 8.72. The smallest absolute Gasteiger partial charge is 0.276 e. The molecule has 2 N–H and O–H groups in total. The number of unbranched alkanes of at least 4 members (excludes halogenated alkanes) is 5. The molecule has 0 bridgehead atoms. The molecule has 0 fully saturated rings. The fraction of sp³-hybridized carbons (Fsp3) is 0.524. The average molecular weight is 391 g/mol. The summed E-state index contributed by atoms with van der Waals surface area (Å²) in [5.74, 6) is 0.326. The Hall–Kier alpha value is -1.95. The van der Waals surface area contributed by atoms with Crippen molar-refractivity contribution in [3.05, 3.63) is 42.2 Å². The summed E-state index contributed by atoms with van der Waals surface area (Å²) in [4.78, 5) is 23.9. The van der Waals surface area contributed by atoms with Crippen molar-refractivity contribution in [3.63, 3.8) is 0 Å². The lowest BCUT2D eigenvalue weighted by atomic mass is 9.99. The summed E-state index contributed by atoms with van der Waals surface area (Å²) in [7, 11) is 0. The number of carbonyl (C=O) groups is 2. The summed E-state index contributed by atoms with van der Waals surface area (Å²) < 4.78 is 5.34. The first-order valence-corrected chi connectivity index (χ1v) is 10.5. The topological polar surface area (TPSA) is 67.4 Å². The zero-order chi connectivity index (χ0) is 19.5. The van der Waals surface area contributed by atoms with E-state index in [9.17, 15) is 9.59 Å². The number of hydrogen-bond acceptors (Lipinski definition) is 5. The van der Waals surface area contributed by atoms with E-state index >= 15 is 0 Å². The van der Waals surface area contributed by atoms with Crippen LogP contribution in [0.3, 0.4) is 0 Å². The Morgan fingerprint density at radius 2 is 1.81 bits per heavy atom. The van der Waals surface area contributed by atoms with Crippen LogP contribution in [0.4, 0.5) is 5.69 Å². The van der Waals surface area contributed by atoms with Gasteiger partial charge in [0.2, 0.25) is 5.12 Å². The van der Waals surface area contributed by atoms with E-state index in [0.717, 1.165) is 18.5 Å². The highest BCUT2D eigenvalue weighted by molar-refractivity contribution is 8.15. The zero-order valence-corrected chi connectivity index (χ0v) is 17.1. The molecule has 0 aliphatic carbocycles. The van der Waals surface area contributed by atoms with Gasteiger partial charge in [0.1, 0.15) is 5.76 Å². The molecule has 0 radical (unpaired) electrons. The van der Waals surface area contributed by atoms with Crippen LogP contribution < -0.4 is 10.9 Å². The van der Waals surface area contributed by atoms with Gasteiger partial charge in [0.15, 0.2) is 6.61 Å². The molecular weight excluding hydrogens is 360 g/mol. The monoisotopic (exact) mass is 390 g/mol. The molecule has 148 valence electrons.